The molecule has 0 radical (unpaired) electrons. The standard InChI is InChI=1S/C20H22FNO4/c21-16-8-10-17(11-9-16)26-14-4-3-13-22-19(23)12-7-15-5-1-2-6-18(15)20(24)25/h1-2,5-6,8-11H,3-4,7,12-14H2,(H,22,23)(H,24,25). The van der Waals surface area contributed by atoms with E-state index in [1.165, 1.54) is 18.2 Å². The summed E-state index contributed by atoms with van der Waals surface area (Å²) in [5.41, 5.74) is 0.890. The van der Waals surface area contributed by atoms with E-state index < -0.39 is 5.97 Å². The zero-order chi connectivity index (χ0) is 18.8. The van der Waals surface area contributed by atoms with Crippen molar-refractivity contribution in [3.63, 3.8) is 0 Å². The molecule has 0 unspecified atom stereocenters. The number of carboxylic acid groups (broad SMARTS) is 1. The number of hydrogen-bond acceptors (Lipinski definition) is 3. The van der Waals surface area contributed by atoms with Gasteiger partial charge in [-0.05, 0) is 55.2 Å². The normalized spacial score (nSPS) is 10.3. The molecule has 2 aromatic rings. The van der Waals surface area contributed by atoms with Gasteiger partial charge in [-0.1, -0.05) is 18.2 Å². The molecule has 0 heterocycles. The van der Waals surface area contributed by atoms with Crippen LogP contribution in [0, 0.1) is 5.82 Å². The smallest absolute Gasteiger partial charge is 0.335 e. The third-order valence-electron chi connectivity index (χ3n) is 3.84. The summed E-state index contributed by atoms with van der Waals surface area (Å²) in [5, 5.41) is 11.9. The lowest BCUT2D eigenvalue weighted by Crippen LogP contribution is -2.25. The lowest BCUT2D eigenvalue weighted by atomic mass is 10.0. The Kier molecular flexibility index (Phi) is 7.61. The Morgan fingerprint density at radius 3 is 2.50 bits per heavy atom. The largest absolute Gasteiger partial charge is 0.494 e. The summed E-state index contributed by atoms with van der Waals surface area (Å²) in [6.45, 7) is 1.03. The molecule has 0 bridgehead atoms. The van der Waals surface area contributed by atoms with Crippen LogP contribution in [-0.2, 0) is 11.2 Å². The Balaban J connectivity index is 1.59. The molecule has 26 heavy (non-hydrogen) atoms. The van der Waals surface area contributed by atoms with E-state index in [2.05, 4.69) is 5.32 Å². The zero-order valence-corrected chi connectivity index (χ0v) is 14.4. The van der Waals surface area contributed by atoms with E-state index in [0.717, 1.165) is 12.8 Å². The summed E-state index contributed by atoms with van der Waals surface area (Å²) in [6.07, 6.45) is 2.16. The lowest BCUT2D eigenvalue weighted by Gasteiger charge is -2.08. The third-order valence-corrected chi connectivity index (χ3v) is 3.84. The average Bonchev–Trinajstić information content (AvgIpc) is 2.64. The highest BCUT2D eigenvalue weighted by molar-refractivity contribution is 5.89. The number of benzene rings is 2. The third kappa shape index (κ3) is 6.55. The van der Waals surface area contributed by atoms with Crippen molar-refractivity contribution < 1.29 is 23.8 Å². The number of carbonyl (C=O) groups is 2. The summed E-state index contributed by atoms with van der Waals surface area (Å²) in [7, 11) is 0. The fourth-order valence-electron chi connectivity index (χ4n) is 2.46. The van der Waals surface area contributed by atoms with Crippen molar-refractivity contribution in [3.05, 3.63) is 65.5 Å². The molecule has 2 rings (SSSR count). The van der Waals surface area contributed by atoms with E-state index in [1.54, 1.807) is 30.3 Å². The van der Waals surface area contributed by atoms with E-state index in [9.17, 15) is 14.0 Å². The number of hydrogen-bond donors (Lipinski definition) is 2. The van der Waals surface area contributed by atoms with Crippen molar-refractivity contribution in [3.8, 4) is 5.75 Å². The van der Waals surface area contributed by atoms with Gasteiger partial charge in [0.1, 0.15) is 11.6 Å². The molecule has 5 nitrogen and oxygen atoms in total. The van der Waals surface area contributed by atoms with Crippen molar-refractivity contribution in [2.75, 3.05) is 13.2 Å². The second-order valence-corrected chi connectivity index (χ2v) is 5.82. The first-order chi connectivity index (χ1) is 12.6. The van der Waals surface area contributed by atoms with E-state index >= 15 is 0 Å². The SMILES string of the molecule is O=C(CCc1ccccc1C(=O)O)NCCCCOc1ccc(F)cc1. The maximum Gasteiger partial charge on any atom is 0.335 e. The summed E-state index contributed by atoms with van der Waals surface area (Å²) in [4.78, 5) is 23.0. The summed E-state index contributed by atoms with van der Waals surface area (Å²) in [5.74, 6) is -0.773. The van der Waals surface area contributed by atoms with Crippen molar-refractivity contribution in [2.24, 2.45) is 0 Å². The molecule has 0 spiro atoms. The van der Waals surface area contributed by atoms with Gasteiger partial charge in [-0.3, -0.25) is 4.79 Å². The minimum absolute atomic E-state index is 0.107. The Morgan fingerprint density at radius 2 is 1.77 bits per heavy atom. The number of rotatable bonds is 10. The van der Waals surface area contributed by atoms with Crippen molar-refractivity contribution in [1.82, 2.24) is 5.32 Å². The van der Waals surface area contributed by atoms with Crippen LogP contribution in [0.4, 0.5) is 4.39 Å². The molecule has 0 aliphatic rings. The zero-order valence-electron chi connectivity index (χ0n) is 14.4. The maximum atomic E-state index is 12.8. The number of ether oxygens (including phenoxy) is 1. The van der Waals surface area contributed by atoms with Crippen molar-refractivity contribution >= 4 is 11.9 Å². The molecule has 0 saturated heterocycles. The molecular weight excluding hydrogens is 337 g/mol. The second kappa shape index (κ2) is 10.2. The lowest BCUT2D eigenvalue weighted by molar-refractivity contribution is -0.121. The van der Waals surface area contributed by atoms with E-state index in [-0.39, 0.29) is 23.7 Å². The van der Waals surface area contributed by atoms with Crippen molar-refractivity contribution in [2.45, 2.75) is 25.7 Å². The first-order valence-electron chi connectivity index (χ1n) is 8.52. The highest BCUT2D eigenvalue weighted by Crippen LogP contribution is 2.12. The van der Waals surface area contributed by atoms with Crippen LogP contribution in [0.2, 0.25) is 0 Å². The number of carbonyl (C=O) groups excluding carboxylic acids is 1. The number of aryl methyl sites for hydroxylation is 1. The molecule has 0 saturated carbocycles. The topological polar surface area (TPSA) is 75.6 Å². The van der Waals surface area contributed by atoms with Gasteiger partial charge in [-0.15, -0.1) is 0 Å². The molecule has 0 aromatic heterocycles. The second-order valence-electron chi connectivity index (χ2n) is 5.82. The number of carboxylic acids is 1. The van der Waals surface area contributed by atoms with E-state index in [1.807, 2.05) is 0 Å². The van der Waals surface area contributed by atoms with Gasteiger partial charge in [0, 0.05) is 13.0 Å². The average molecular weight is 359 g/mol. The first-order valence-corrected chi connectivity index (χ1v) is 8.52. The number of nitrogens with one attached hydrogen (secondary N) is 1. The van der Waals surface area contributed by atoms with Crippen LogP contribution >= 0.6 is 0 Å². The number of halogens is 1. The minimum Gasteiger partial charge on any atom is -0.494 e. The molecule has 2 N–H and O–H groups in total. The van der Waals surface area contributed by atoms with E-state index in [0.29, 0.717) is 30.9 Å². The molecule has 0 fully saturated rings. The summed E-state index contributed by atoms with van der Waals surface area (Å²) < 4.78 is 18.2. The van der Waals surface area contributed by atoms with Crippen LogP contribution in [0.5, 0.6) is 5.75 Å². The first kappa shape index (κ1) is 19.4. The van der Waals surface area contributed by atoms with Crippen LogP contribution in [0.1, 0.15) is 35.2 Å². The molecule has 138 valence electrons. The van der Waals surface area contributed by atoms with Gasteiger partial charge in [-0.2, -0.15) is 0 Å². The highest BCUT2D eigenvalue weighted by atomic mass is 19.1. The predicted octanol–water partition coefficient (Wildman–Crippen LogP) is 3.43. The highest BCUT2D eigenvalue weighted by Gasteiger charge is 2.10. The molecule has 0 aliphatic carbocycles. The predicted molar refractivity (Wildman–Crippen MR) is 95.9 cm³/mol. The molecule has 0 atom stereocenters. The molecular formula is C20H22FNO4. The van der Waals surface area contributed by atoms with Gasteiger partial charge < -0.3 is 15.2 Å². The van der Waals surface area contributed by atoms with Crippen LogP contribution < -0.4 is 10.1 Å². The Morgan fingerprint density at radius 1 is 1.04 bits per heavy atom. The summed E-state index contributed by atoms with van der Waals surface area (Å²) >= 11 is 0. The van der Waals surface area contributed by atoms with Gasteiger partial charge in [0.25, 0.3) is 0 Å². The van der Waals surface area contributed by atoms with Gasteiger partial charge in [0.2, 0.25) is 5.91 Å². The van der Waals surface area contributed by atoms with Gasteiger partial charge >= 0.3 is 5.97 Å². The summed E-state index contributed by atoms with van der Waals surface area (Å²) in [6, 6.07) is 12.5. The van der Waals surface area contributed by atoms with Gasteiger partial charge in [-0.25, -0.2) is 9.18 Å². The van der Waals surface area contributed by atoms with E-state index in [4.69, 9.17) is 9.84 Å². The Bertz CT molecular complexity index is 731. The molecule has 6 heteroatoms. The minimum atomic E-state index is -0.984. The number of aromatic carboxylic acids is 1. The molecule has 1 amide bonds. The van der Waals surface area contributed by atoms with Crippen LogP contribution in [0.15, 0.2) is 48.5 Å². The maximum absolute atomic E-state index is 12.8. The molecule has 2 aromatic carbocycles. The monoisotopic (exact) mass is 359 g/mol. The van der Waals surface area contributed by atoms with Crippen LogP contribution in [0.25, 0.3) is 0 Å². The Hall–Kier alpha value is -2.89. The molecule has 0 aliphatic heterocycles. The quantitative estimate of drug-likeness (QED) is 0.637. The fraction of sp³-hybridized carbons (Fsp3) is 0.300. The van der Waals surface area contributed by atoms with Gasteiger partial charge in [0.15, 0.2) is 0 Å². The van der Waals surface area contributed by atoms with Gasteiger partial charge in [0.05, 0.1) is 12.2 Å². The van der Waals surface area contributed by atoms with Crippen LogP contribution in [-0.4, -0.2) is 30.1 Å². The van der Waals surface area contributed by atoms with Crippen LogP contribution in [0.3, 0.4) is 0 Å². The number of amides is 1. The Labute approximate surface area is 151 Å². The number of unbranched alkanes of at least 4 members (excludes halogenated alkanes) is 1. The fourth-order valence-corrected chi connectivity index (χ4v) is 2.46. The van der Waals surface area contributed by atoms with Crippen molar-refractivity contribution in [1.29, 1.82) is 0 Å².